The summed E-state index contributed by atoms with van der Waals surface area (Å²) in [6.07, 6.45) is 8.57. The molecule has 1 saturated heterocycles. The van der Waals surface area contributed by atoms with Gasteiger partial charge in [0.25, 0.3) is 0 Å². The van der Waals surface area contributed by atoms with Crippen molar-refractivity contribution < 1.29 is 4.74 Å². The average Bonchev–Trinajstić information content (AvgIpc) is 3.33. The zero-order valence-electron chi connectivity index (χ0n) is 16.4. The Labute approximate surface area is 176 Å². The molecule has 2 atom stereocenters. The van der Waals surface area contributed by atoms with Gasteiger partial charge in [0.05, 0.1) is 17.8 Å². The van der Waals surface area contributed by atoms with Crippen LogP contribution in [0.4, 0.5) is 0 Å². The summed E-state index contributed by atoms with van der Waals surface area (Å²) in [7, 11) is 1.73. The van der Waals surface area contributed by atoms with Crippen LogP contribution >= 0.6 is 12.2 Å². The van der Waals surface area contributed by atoms with E-state index in [9.17, 15) is 0 Å². The van der Waals surface area contributed by atoms with Gasteiger partial charge in [0.1, 0.15) is 0 Å². The second-order valence-corrected chi connectivity index (χ2v) is 7.48. The van der Waals surface area contributed by atoms with E-state index in [0.29, 0.717) is 6.61 Å². The molecule has 3 aromatic heterocycles. The highest BCUT2D eigenvalue weighted by Crippen LogP contribution is 2.38. The fourth-order valence-corrected chi connectivity index (χ4v) is 4.21. The molecule has 6 nitrogen and oxygen atoms in total. The second kappa shape index (κ2) is 9.15. The van der Waals surface area contributed by atoms with Crippen LogP contribution in [0.3, 0.4) is 0 Å². The first-order valence-corrected chi connectivity index (χ1v) is 10.2. The number of methoxy groups -OCH3 is 1. The van der Waals surface area contributed by atoms with Crippen LogP contribution in [0.1, 0.15) is 35.5 Å². The summed E-state index contributed by atoms with van der Waals surface area (Å²) < 4.78 is 7.54. The number of ether oxygens (including phenoxy) is 1. The molecule has 7 heteroatoms. The number of aromatic nitrogens is 3. The largest absolute Gasteiger partial charge is 0.385 e. The number of thiocarbonyl (C=S) groups is 1. The highest BCUT2D eigenvalue weighted by Gasteiger charge is 2.40. The molecule has 1 aliphatic rings. The van der Waals surface area contributed by atoms with Crippen molar-refractivity contribution in [3.63, 3.8) is 0 Å². The summed E-state index contributed by atoms with van der Waals surface area (Å²) in [4.78, 5) is 11.1. The zero-order valence-corrected chi connectivity index (χ0v) is 17.3. The van der Waals surface area contributed by atoms with E-state index in [1.807, 2.05) is 30.6 Å². The molecule has 0 aliphatic carbocycles. The molecule has 0 spiro atoms. The molecule has 0 unspecified atom stereocenters. The summed E-state index contributed by atoms with van der Waals surface area (Å²) in [6.45, 7) is 2.29. The lowest BCUT2D eigenvalue weighted by Gasteiger charge is -2.29. The second-order valence-electron chi connectivity index (χ2n) is 7.09. The van der Waals surface area contributed by atoms with Gasteiger partial charge in [-0.05, 0) is 54.5 Å². The Balaban J connectivity index is 1.68. The van der Waals surface area contributed by atoms with Crippen molar-refractivity contribution >= 4 is 17.3 Å². The lowest BCUT2D eigenvalue weighted by molar-refractivity contribution is 0.179. The maximum absolute atomic E-state index is 5.72. The van der Waals surface area contributed by atoms with Crippen molar-refractivity contribution in [1.29, 1.82) is 0 Å². The maximum Gasteiger partial charge on any atom is 0.170 e. The van der Waals surface area contributed by atoms with Crippen molar-refractivity contribution in [1.82, 2.24) is 24.8 Å². The molecule has 0 radical (unpaired) electrons. The van der Waals surface area contributed by atoms with Crippen molar-refractivity contribution in [3.05, 3.63) is 84.2 Å². The van der Waals surface area contributed by atoms with Gasteiger partial charge in [-0.3, -0.25) is 9.97 Å². The van der Waals surface area contributed by atoms with Crippen LogP contribution in [0, 0.1) is 0 Å². The van der Waals surface area contributed by atoms with Gasteiger partial charge >= 0.3 is 0 Å². The predicted octanol–water partition coefficient (Wildman–Crippen LogP) is 3.34. The van der Waals surface area contributed by atoms with Gasteiger partial charge < -0.3 is 19.5 Å². The van der Waals surface area contributed by atoms with Crippen molar-refractivity contribution in [3.8, 4) is 0 Å². The van der Waals surface area contributed by atoms with Crippen molar-refractivity contribution in [2.45, 2.75) is 25.0 Å². The first-order valence-electron chi connectivity index (χ1n) is 9.79. The normalized spacial score (nSPS) is 18.8. The fraction of sp³-hybridized carbons (Fsp3) is 0.318. The summed E-state index contributed by atoms with van der Waals surface area (Å²) >= 11 is 5.72. The molecule has 0 amide bonds. The molecular formula is C22H25N5OS. The van der Waals surface area contributed by atoms with Gasteiger partial charge in [-0.25, -0.2) is 0 Å². The van der Waals surface area contributed by atoms with E-state index in [1.54, 1.807) is 13.3 Å². The van der Waals surface area contributed by atoms with E-state index < -0.39 is 0 Å². The Morgan fingerprint density at radius 1 is 1.14 bits per heavy atom. The summed E-state index contributed by atoms with van der Waals surface area (Å²) in [5.74, 6) is 0. The van der Waals surface area contributed by atoms with Crippen molar-refractivity contribution in [2.24, 2.45) is 0 Å². The summed E-state index contributed by atoms with van der Waals surface area (Å²) in [5.41, 5.74) is 3.36. The number of rotatable bonds is 8. The van der Waals surface area contributed by atoms with Gasteiger partial charge in [0, 0.05) is 57.3 Å². The summed E-state index contributed by atoms with van der Waals surface area (Å²) in [5, 5.41) is 4.27. The Kier molecular flexibility index (Phi) is 6.17. The highest BCUT2D eigenvalue weighted by atomic mass is 32.1. The number of hydrogen-bond acceptors (Lipinski definition) is 4. The van der Waals surface area contributed by atoms with Gasteiger partial charge in [-0.1, -0.05) is 12.1 Å². The average molecular weight is 408 g/mol. The molecule has 4 heterocycles. The molecule has 0 saturated carbocycles. The third kappa shape index (κ3) is 4.31. The van der Waals surface area contributed by atoms with Gasteiger partial charge in [0.2, 0.25) is 0 Å². The molecule has 1 fully saturated rings. The lowest BCUT2D eigenvalue weighted by atomic mass is 10.0. The molecular weight excluding hydrogens is 382 g/mol. The van der Waals surface area contributed by atoms with Crippen LogP contribution in [0.5, 0.6) is 0 Å². The van der Waals surface area contributed by atoms with Crippen LogP contribution in [-0.4, -0.2) is 44.8 Å². The molecule has 1 N–H and O–H groups in total. The fourth-order valence-electron chi connectivity index (χ4n) is 3.88. The van der Waals surface area contributed by atoms with E-state index >= 15 is 0 Å². The lowest BCUT2D eigenvalue weighted by Crippen LogP contribution is -2.32. The standard InChI is InChI=1S/C22H25N5OS/c1-28-14-6-13-27-21(20(25-22(27)29)18-8-2-3-11-24-18)19-9-5-12-26(19)16-17-7-4-10-23-15-17/h2-5,7-12,15,20-21H,6,13-14,16H2,1H3,(H,25,29)/t20-,21-/m1/s1. The monoisotopic (exact) mass is 407 g/mol. The molecule has 0 aromatic carbocycles. The van der Waals surface area contributed by atoms with Crippen LogP contribution in [0.2, 0.25) is 0 Å². The van der Waals surface area contributed by atoms with Crippen LogP contribution in [-0.2, 0) is 11.3 Å². The predicted molar refractivity (Wildman–Crippen MR) is 116 cm³/mol. The first kappa shape index (κ1) is 19.5. The van der Waals surface area contributed by atoms with E-state index in [4.69, 9.17) is 17.0 Å². The Hall–Kier alpha value is -2.77. The molecule has 0 bridgehead atoms. The zero-order chi connectivity index (χ0) is 20.1. The van der Waals surface area contributed by atoms with E-state index in [1.165, 1.54) is 11.3 Å². The SMILES string of the molecule is COCCCN1C(=S)N[C@H](c2ccccn2)[C@H]1c1cccn1Cc1cccnc1. The van der Waals surface area contributed by atoms with Crippen molar-refractivity contribution in [2.75, 3.05) is 20.3 Å². The summed E-state index contributed by atoms with van der Waals surface area (Å²) in [6, 6.07) is 14.4. The quantitative estimate of drug-likeness (QED) is 0.457. The minimum Gasteiger partial charge on any atom is -0.385 e. The van der Waals surface area contributed by atoms with Crippen LogP contribution in [0.25, 0.3) is 0 Å². The molecule has 150 valence electrons. The molecule has 1 aliphatic heterocycles. The topological polar surface area (TPSA) is 55.2 Å². The molecule has 4 rings (SSSR count). The number of nitrogens with one attached hydrogen (secondary N) is 1. The van der Waals surface area contributed by atoms with E-state index in [2.05, 4.69) is 55.2 Å². The van der Waals surface area contributed by atoms with Crippen LogP contribution < -0.4 is 5.32 Å². The Morgan fingerprint density at radius 2 is 2.07 bits per heavy atom. The van der Waals surface area contributed by atoms with E-state index in [0.717, 1.165) is 30.3 Å². The Bertz CT molecular complexity index is 931. The number of hydrogen-bond donors (Lipinski definition) is 1. The van der Waals surface area contributed by atoms with Gasteiger partial charge in [-0.2, -0.15) is 0 Å². The van der Waals surface area contributed by atoms with Gasteiger partial charge in [0.15, 0.2) is 5.11 Å². The maximum atomic E-state index is 5.72. The third-order valence-corrected chi connectivity index (χ3v) is 5.54. The highest BCUT2D eigenvalue weighted by molar-refractivity contribution is 7.80. The van der Waals surface area contributed by atoms with E-state index in [-0.39, 0.29) is 12.1 Å². The minimum absolute atomic E-state index is 0.00575. The Morgan fingerprint density at radius 3 is 2.83 bits per heavy atom. The number of nitrogens with zero attached hydrogens (tertiary/aromatic N) is 4. The third-order valence-electron chi connectivity index (χ3n) is 5.19. The smallest absolute Gasteiger partial charge is 0.170 e. The number of pyridine rings is 2. The van der Waals surface area contributed by atoms with Crippen LogP contribution in [0.15, 0.2) is 67.3 Å². The first-order chi connectivity index (χ1) is 14.3. The molecule has 3 aromatic rings. The van der Waals surface area contributed by atoms with Gasteiger partial charge in [-0.15, -0.1) is 0 Å². The minimum atomic E-state index is -0.00575. The molecule has 29 heavy (non-hydrogen) atoms.